The lowest BCUT2D eigenvalue weighted by atomic mass is 10.0. The van der Waals surface area contributed by atoms with Gasteiger partial charge in [-0.25, -0.2) is 0 Å². The molecule has 72 valence electrons. The molecule has 12 heavy (non-hydrogen) atoms. The van der Waals surface area contributed by atoms with Crippen LogP contribution in [0.5, 0.6) is 0 Å². The smallest absolute Gasteiger partial charge is 0.323 e. The van der Waals surface area contributed by atoms with Crippen LogP contribution < -0.4 is 5.32 Å². The molecule has 1 N–H and O–H groups in total. The van der Waals surface area contributed by atoms with Crippen molar-refractivity contribution in [2.75, 3.05) is 19.7 Å². The number of alkyl halides is 2. The molecule has 0 bridgehead atoms. The molecule has 0 aromatic rings. The normalized spacial score (nSPS) is 23.8. The van der Waals surface area contributed by atoms with Crippen molar-refractivity contribution in [1.29, 1.82) is 0 Å². The molecule has 0 amide bonds. The predicted molar refractivity (Wildman–Crippen MR) is 42.2 cm³/mol. The van der Waals surface area contributed by atoms with Gasteiger partial charge in [0.05, 0.1) is 6.61 Å². The minimum Gasteiger partial charge on any atom is -0.323 e. The van der Waals surface area contributed by atoms with Crippen molar-refractivity contribution in [3.05, 3.63) is 0 Å². The van der Waals surface area contributed by atoms with Gasteiger partial charge in [0.1, 0.15) is 0 Å². The molecule has 0 saturated carbocycles. The standard InChI is InChI=1S/C8H15F2NO/c9-8(10)12-5-1-2-7-3-4-11-6-7/h7-8,11H,1-6H2. The van der Waals surface area contributed by atoms with E-state index in [1.807, 2.05) is 0 Å². The molecular weight excluding hydrogens is 164 g/mol. The Balaban J connectivity index is 1.88. The third-order valence-electron chi connectivity index (χ3n) is 2.16. The van der Waals surface area contributed by atoms with E-state index in [9.17, 15) is 8.78 Å². The van der Waals surface area contributed by atoms with Gasteiger partial charge in [0.25, 0.3) is 0 Å². The maximum atomic E-state index is 11.5. The van der Waals surface area contributed by atoms with Crippen LogP contribution in [0, 0.1) is 5.92 Å². The highest BCUT2D eigenvalue weighted by Gasteiger charge is 2.13. The molecule has 0 spiro atoms. The summed E-state index contributed by atoms with van der Waals surface area (Å²) in [6, 6.07) is 0. The Morgan fingerprint density at radius 2 is 2.33 bits per heavy atom. The Morgan fingerprint density at radius 1 is 1.50 bits per heavy atom. The molecule has 1 saturated heterocycles. The van der Waals surface area contributed by atoms with Gasteiger partial charge in [-0.3, -0.25) is 0 Å². The van der Waals surface area contributed by atoms with Crippen molar-refractivity contribution < 1.29 is 13.5 Å². The monoisotopic (exact) mass is 179 g/mol. The van der Waals surface area contributed by atoms with Crippen LogP contribution in [0.4, 0.5) is 8.78 Å². The Hall–Kier alpha value is -0.220. The van der Waals surface area contributed by atoms with E-state index >= 15 is 0 Å². The topological polar surface area (TPSA) is 21.3 Å². The van der Waals surface area contributed by atoms with E-state index < -0.39 is 6.61 Å². The van der Waals surface area contributed by atoms with Gasteiger partial charge in [0.2, 0.25) is 0 Å². The van der Waals surface area contributed by atoms with E-state index in [4.69, 9.17) is 0 Å². The molecule has 1 atom stereocenters. The van der Waals surface area contributed by atoms with Crippen LogP contribution in [0.2, 0.25) is 0 Å². The minimum absolute atomic E-state index is 0.189. The molecule has 0 radical (unpaired) electrons. The van der Waals surface area contributed by atoms with Gasteiger partial charge < -0.3 is 10.1 Å². The summed E-state index contributed by atoms with van der Waals surface area (Å²) in [5, 5.41) is 3.23. The summed E-state index contributed by atoms with van der Waals surface area (Å²) in [6.07, 6.45) is 2.92. The second-order valence-electron chi connectivity index (χ2n) is 3.13. The first-order valence-corrected chi connectivity index (χ1v) is 4.39. The molecule has 1 aliphatic rings. The fraction of sp³-hybridized carbons (Fsp3) is 1.00. The first-order valence-electron chi connectivity index (χ1n) is 4.39. The van der Waals surface area contributed by atoms with Crippen molar-refractivity contribution in [1.82, 2.24) is 5.32 Å². The summed E-state index contributed by atoms with van der Waals surface area (Å²) in [4.78, 5) is 0. The van der Waals surface area contributed by atoms with E-state index in [1.54, 1.807) is 0 Å². The molecule has 4 heteroatoms. The number of ether oxygens (including phenoxy) is 1. The van der Waals surface area contributed by atoms with Crippen LogP contribution in [-0.4, -0.2) is 26.3 Å². The highest BCUT2D eigenvalue weighted by atomic mass is 19.3. The third kappa shape index (κ3) is 3.97. The van der Waals surface area contributed by atoms with Crippen LogP contribution in [0.25, 0.3) is 0 Å². The van der Waals surface area contributed by atoms with Crippen molar-refractivity contribution in [2.45, 2.75) is 25.9 Å². The molecule has 1 fully saturated rings. The van der Waals surface area contributed by atoms with Crippen molar-refractivity contribution in [3.63, 3.8) is 0 Å². The zero-order valence-electron chi connectivity index (χ0n) is 7.06. The summed E-state index contributed by atoms with van der Waals surface area (Å²) in [5.41, 5.74) is 0. The van der Waals surface area contributed by atoms with Crippen LogP contribution in [0.1, 0.15) is 19.3 Å². The number of rotatable bonds is 5. The maximum Gasteiger partial charge on any atom is 0.345 e. The lowest BCUT2D eigenvalue weighted by Crippen LogP contribution is -2.10. The predicted octanol–water partition coefficient (Wildman–Crippen LogP) is 1.62. The first-order chi connectivity index (χ1) is 5.79. The second kappa shape index (κ2) is 5.43. The molecule has 1 rings (SSSR count). The Morgan fingerprint density at radius 3 is 2.92 bits per heavy atom. The van der Waals surface area contributed by atoms with Gasteiger partial charge in [-0.15, -0.1) is 0 Å². The van der Waals surface area contributed by atoms with Crippen LogP contribution in [-0.2, 0) is 4.74 Å². The van der Waals surface area contributed by atoms with Gasteiger partial charge in [0.15, 0.2) is 0 Å². The van der Waals surface area contributed by atoms with Gasteiger partial charge >= 0.3 is 6.61 Å². The van der Waals surface area contributed by atoms with Gasteiger partial charge in [-0.2, -0.15) is 8.78 Å². The van der Waals surface area contributed by atoms with Crippen molar-refractivity contribution in [3.8, 4) is 0 Å². The van der Waals surface area contributed by atoms with E-state index in [2.05, 4.69) is 10.1 Å². The molecular formula is C8H15F2NO. The second-order valence-corrected chi connectivity index (χ2v) is 3.13. The van der Waals surface area contributed by atoms with Gasteiger partial charge in [-0.1, -0.05) is 0 Å². The Labute approximate surface area is 71.3 Å². The van der Waals surface area contributed by atoms with Crippen molar-refractivity contribution >= 4 is 0 Å². The van der Waals surface area contributed by atoms with E-state index in [0.29, 0.717) is 5.92 Å². The summed E-state index contributed by atoms with van der Waals surface area (Å²) in [7, 11) is 0. The zero-order chi connectivity index (χ0) is 8.81. The average molecular weight is 179 g/mol. The molecule has 0 aromatic heterocycles. The quantitative estimate of drug-likeness (QED) is 0.647. The SMILES string of the molecule is FC(F)OCCCC1CCNC1. The molecule has 1 heterocycles. The third-order valence-corrected chi connectivity index (χ3v) is 2.16. The largest absolute Gasteiger partial charge is 0.345 e. The molecule has 1 aliphatic heterocycles. The van der Waals surface area contributed by atoms with Gasteiger partial charge in [-0.05, 0) is 38.3 Å². The summed E-state index contributed by atoms with van der Waals surface area (Å²) in [5.74, 6) is 0.672. The average Bonchev–Trinajstić information content (AvgIpc) is 2.49. The molecule has 2 nitrogen and oxygen atoms in total. The highest BCUT2D eigenvalue weighted by molar-refractivity contribution is 4.70. The Kier molecular flexibility index (Phi) is 4.46. The number of hydrogen-bond donors (Lipinski definition) is 1. The van der Waals surface area contributed by atoms with Crippen LogP contribution in [0.15, 0.2) is 0 Å². The maximum absolute atomic E-state index is 11.5. The zero-order valence-corrected chi connectivity index (χ0v) is 7.06. The van der Waals surface area contributed by atoms with Crippen molar-refractivity contribution in [2.24, 2.45) is 5.92 Å². The number of halogens is 2. The van der Waals surface area contributed by atoms with E-state index in [1.165, 1.54) is 6.42 Å². The van der Waals surface area contributed by atoms with E-state index in [-0.39, 0.29) is 6.61 Å². The summed E-state index contributed by atoms with van der Waals surface area (Å²) < 4.78 is 27.1. The minimum atomic E-state index is -2.60. The molecule has 1 unspecified atom stereocenters. The first kappa shape index (κ1) is 9.86. The summed E-state index contributed by atoms with van der Waals surface area (Å²) >= 11 is 0. The molecule has 0 aliphatic carbocycles. The highest BCUT2D eigenvalue weighted by Crippen LogP contribution is 2.14. The van der Waals surface area contributed by atoms with Crippen LogP contribution >= 0.6 is 0 Å². The number of hydrogen-bond acceptors (Lipinski definition) is 2. The number of nitrogens with one attached hydrogen (secondary N) is 1. The lowest BCUT2D eigenvalue weighted by molar-refractivity contribution is -0.129. The van der Waals surface area contributed by atoms with E-state index in [0.717, 1.165) is 25.9 Å². The Bertz CT molecular complexity index is 116. The van der Waals surface area contributed by atoms with Gasteiger partial charge in [0, 0.05) is 0 Å². The summed E-state index contributed by atoms with van der Waals surface area (Å²) in [6.45, 7) is -0.310. The molecule has 0 aromatic carbocycles. The lowest BCUT2D eigenvalue weighted by Gasteiger charge is -2.07. The fourth-order valence-corrected chi connectivity index (χ4v) is 1.51. The van der Waals surface area contributed by atoms with Crippen LogP contribution in [0.3, 0.4) is 0 Å². The fourth-order valence-electron chi connectivity index (χ4n) is 1.51.